The Bertz CT molecular complexity index is 1510. The number of carbonyl (C=O) groups excluding carboxylic acids is 3. The number of carbonyl (C=O) groups is 3. The van der Waals surface area contributed by atoms with E-state index in [-0.39, 0.29) is 30.7 Å². The molecule has 0 atom stereocenters. The smallest absolute Gasteiger partial charge is 0.415 e. The molecule has 0 bridgehead atoms. The van der Waals surface area contributed by atoms with Crippen LogP contribution in [0.1, 0.15) is 24.5 Å². The number of ether oxygens (including phenoxy) is 1. The van der Waals surface area contributed by atoms with Gasteiger partial charge < -0.3 is 14.2 Å². The second-order valence-electron chi connectivity index (χ2n) is 9.15. The van der Waals surface area contributed by atoms with Crippen LogP contribution in [0, 0.1) is 0 Å². The van der Waals surface area contributed by atoms with Crippen molar-refractivity contribution in [2.24, 2.45) is 0 Å². The summed E-state index contributed by atoms with van der Waals surface area (Å²) in [6.45, 7) is 3.03. The van der Waals surface area contributed by atoms with Gasteiger partial charge in [-0.15, -0.1) is 0 Å². The van der Waals surface area contributed by atoms with E-state index in [9.17, 15) is 14.4 Å². The first-order valence-corrected chi connectivity index (χ1v) is 14.6. The lowest BCUT2D eigenvalue weighted by Crippen LogP contribution is -2.43. The number of rotatable bonds is 7. The molecule has 1 fully saturated rings. The number of aromatic nitrogens is 1. The van der Waals surface area contributed by atoms with Crippen LogP contribution in [0.25, 0.3) is 16.5 Å². The molecule has 3 aromatic rings. The highest BCUT2D eigenvalue weighted by molar-refractivity contribution is 8.23. The monoisotopic (exact) mass is 618 g/mol. The van der Waals surface area contributed by atoms with Crippen LogP contribution < -0.4 is 4.90 Å². The van der Waals surface area contributed by atoms with Crippen molar-refractivity contribution in [1.82, 2.24) is 15.0 Å². The number of anilines is 1. The second-order valence-corrected chi connectivity index (χ2v) is 11.6. The Morgan fingerprint density at radius 1 is 1.20 bits per heavy atom. The maximum Gasteiger partial charge on any atom is 0.415 e. The summed E-state index contributed by atoms with van der Waals surface area (Å²) in [7, 11) is 0. The van der Waals surface area contributed by atoms with Crippen molar-refractivity contribution < 1.29 is 23.6 Å². The van der Waals surface area contributed by atoms with E-state index in [1.165, 1.54) is 21.6 Å². The van der Waals surface area contributed by atoms with Gasteiger partial charge in [0.2, 0.25) is 11.8 Å². The highest BCUT2D eigenvalue weighted by Crippen LogP contribution is 2.32. The van der Waals surface area contributed by atoms with Crippen LogP contribution in [0.4, 0.5) is 10.6 Å². The van der Waals surface area contributed by atoms with Crippen molar-refractivity contribution in [3.05, 3.63) is 63.6 Å². The summed E-state index contributed by atoms with van der Waals surface area (Å²) in [5.74, 6) is 0.370. The second kappa shape index (κ2) is 12.2. The van der Waals surface area contributed by atoms with Crippen LogP contribution in [0.2, 0.25) is 10.0 Å². The van der Waals surface area contributed by atoms with E-state index in [2.05, 4.69) is 5.16 Å². The molecule has 0 saturated carbocycles. The van der Waals surface area contributed by atoms with Gasteiger partial charge in [-0.05, 0) is 60.4 Å². The lowest BCUT2D eigenvalue weighted by atomic mass is 9.98. The minimum absolute atomic E-state index is 0.00466. The first-order chi connectivity index (χ1) is 19.2. The molecule has 0 N–H and O–H groups in total. The fraction of sp³-hybridized carbons (Fsp3) is 0.296. The zero-order chi connectivity index (χ0) is 28.4. The van der Waals surface area contributed by atoms with Crippen molar-refractivity contribution in [2.45, 2.75) is 20.0 Å². The minimum atomic E-state index is -0.584. The van der Waals surface area contributed by atoms with Crippen molar-refractivity contribution in [3.63, 3.8) is 0 Å². The number of hydrogen-bond acceptors (Lipinski definition) is 8. The van der Waals surface area contributed by atoms with Crippen LogP contribution in [0.5, 0.6) is 0 Å². The molecule has 0 unspecified atom stereocenters. The van der Waals surface area contributed by atoms with Crippen LogP contribution in [0.3, 0.4) is 0 Å². The molecule has 1 saturated heterocycles. The van der Waals surface area contributed by atoms with Crippen molar-refractivity contribution in [1.29, 1.82) is 0 Å². The first-order valence-electron chi connectivity index (χ1n) is 12.5. The first kappa shape index (κ1) is 28.4. The summed E-state index contributed by atoms with van der Waals surface area (Å²) < 4.78 is 11.5. The number of benzene rings is 2. The minimum Gasteiger partial charge on any atom is -0.444 e. The predicted octanol–water partition coefficient (Wildman–Crippen LogP) is 5.77. The van der Waals surface area contributed by atoms with Crippen LogP contribution in [0.15, 0.2) is 47.0 Å². The van der Waals surface area contributed by atoms with Gasteiger partial charge in [-0.1, -0.05) is 64.5 Å². The maximum absolute atomic E-state index is 13.0. The van der Waals surface area contributed by atoms with Gasteiger partial charge in [0.15, 0.2) is 11.4 Å². The number of nitrogens with zero attached hydrogens (tertiary/aromatic N) is 4. The van der Waals surface area contributed by atoms with Crippen molar-refractivity contribution in [3.8, 4) is 0 Å². The standard InChI is InChI=1S/C27H24Cl2N4O5S2/c1-2-32(26(36)37-14-16-9-19(28)12-20(29)10-16)25-21-11-18(3-4-22(21)38-30-25)17-5-7-31(8-6-17)23(34)13-33-24(35)15-40-27(33)39/h3-5,9-12H,2,6-8,13-15H2,1H3. The molecule has 208 valence electrons. The van der Waals surface area contributed by atoms with Crippen LogP contribution >= 0.6 is 47.2 Å². The Kier molecular flexibility index (Phi) is 8.65. The number of thioether (sulfide) groups is 1. The summed E-state index contributed by atoms with van der Waals surface area (Å²) >= 11 is 18.6. The summed E-state index contributed by atoms with van der Waals surface area (Å²) in [6, 6.07) is 10.6. The molecule has 40 heavy (non-hydrogen) atoms. The van der Waals surface area contributed by atoms with Gasteiger partial charge in [0, 0.05) is 29.7 Å². The van der Waals surface area contributed by atoms with E-state index < -0.39 is 6.09 Å². The molecular weight excluding hydrogens is 595 g/mol. The molecule has 13 heteroatoms. The lowest BCUT2D eigenvalue weighted by Gasteiger charge is -2.28. The Hall–Kier alpha value is -3.12. The molecule has 3 amide bonds. The zero-order valence-electron chi connectivity index (χ0n) is 21.4. The van der Waals surface area contributed by atoms with Gasteiger partial charge in [-0.2, -0.15) is 0 Å². The average molecular weight is 620 g/mol. The number of amides is 3. The van der Waals surface area contributed by atoms with E-state index in [1.54, 1.807) is 23.1 Å². The molecule has 1 aromatic heterocycles. The third-order valence-corrected chi connectivity index (χ3v) is 8.46. The SMILES string of the molecule is CCN(C(=O)OCc1cc(Cl)cc(Cl)c1)c1noc2ccc(C3=CCN(C(=O)CN4C(=O)CSC4=S)CC3)cc12. The molecule has 0 spiro atoms. The summed E-state index contributed by atoms with van der Waals surface area (Å²) in [6.07, 6.45) is 2.04. The van der Waals surface area contributed by atoms with Gasteiger partial charge in [0.25, 0.3) is 0 Å². The lowest BCUT2D eigenvalue weighted by molar-refractivity contribution is -0.135. The van der Waals surface area contributed by atoms with E-state index in [0.717, 1.165) is 11.1 Å². The molecular formula is C27H24Cl2N4O5S2. The molecule has 0 radical (unpaired) electrons. The van der Waals surface area contributed by atoms with E-state index in [0.29, 0.717) is 62.8 Å². The van der Waals surface area contributed by atoms with E-state index in [1.807, 2.05) is 31.2 Å². The Morgan fingerprint density at radius 2 is 1.98 bits per heavy atom. The fourth-order valence-electron chi connectivity index (χ4n) is 4.53. The highest BCUT2D eigenvalue weighted by Gasteiger charge is 2.30. The van der Waals surface area contributed by atoms with Gasteiger partial charge in [0.05, 0.1) is 11.1 Å². The maximum atomic E-state index is 13.0. The molecule has 5 rings (SSSR count). The summed E-state index contributed by atoms with van der Waals surface area (Å²) in [4.78, 5) is 42.2. The van der Waals surface area contributed by atoms with Crippen LogP contribution in [-0.2, 0) is 20.9 Å². The Balaban J connectivity index is 1.28. The number of fused-ring (bicyclic) bond motifs is 1. The van der Waals surface area contributed by atoms with E-state index in [4.69, 9.17) is 44.7 Å². The van der Waals surface area contributed by atoms with Crippen molar-refractivity contribution >= 4 is 91.8 Å². The predicted molar refractivity (Wildman–Crippen MR) is 160 cm³/mol. The van der Waals surface area contributed by atoms with E-state index >= 15 is 0 Å². The number of thiocarbonyl (C=S) groups is 1. The number of halogens is 2. The van der Waals surface area contributed by atoms with Crippen molar-refractivity contribution in [2.75, 3.05) is 36.8 Å². The normalized spacial score (nSPS) is 15.5. The molecule has 2 aromatic carbocycles. The molecule has 9 nitrogen and oxygen atoms in total. The highest BCUT2D eigenvalue weighted by atomic mass is 35.5. The van der Waals surface area contributed by atoms with Gasteiger partial charge >= 0.3 is 6.09 Å². The Labute approximate surface area is 250 Å². The van der Waals surface area contributed by atoms with Crippen LogP contribution in [-0.4, -0.2) is 69.1 Å². The molecule has 2 aliphatic rings. The molecule has 0 aliphatic carbocycles. The molecule has 2 aliphatic heterocycles. The molecule has 3 heterocycles. The van der Waals surface area contributed by atoms with Gasteiger partial charge in [0.1, 0.15) is 17.5 Å². The zero-order valence-corrected chi connectivity index (χ0v) is 24.5. The largest absolute Gasteiger partial charge is 0.444 e. The fourth-order valence-corrected chi connectivity index (χ4v) is 6.17. The quantitative estimate of drug-likeness (QED) is 0.308. The average Bonchev–Trinajstić information content (AvgIpc) is 3.50. The topological polar surface area (TPSA) is 96.2 Å². The Morgan fingerprint density at radius 3 is 2.62 bits per heavy atom. The number of hydrogen-bond donors (Lipinski definition) is 0. The third-order valence-electron chi connectivity index (χ3n) is 6.59. The van der Waals surface area contributed by atoms with Gasteiger partial charge in [-0.25, -0.2) is 4.79 Å². The summed E-state index contributed by atoms with van der Waals surface area (Å²) in [5, 5.41) is 5.72. The summed E-state index contributed by atoms with van der Waals surface area (Å²) in [5.41, 5.74) is 3.20. The third kappa shape index (κ3) is 6.12. The van der Waals surface area contributed by atoms with Gasteiger partial charge in [-0.3, -0.25) is 19.4 Å².